The van der Waals surface area contributed by atoms with Crippen LogP contribution < -0.4 is 10.2 Å². The fourth-order valence-electron chi connectivity index (χ4n) is 0.768. The normalized spacial score (nSPS) is 12.4. The number of halogens is 1. The fraction of sp³-hybridized carbons (Fsp3) is 0.222. The maximum absolute atomic E-state index is 10.6. The summed E-state index contributed by atoms with van der Waals surface area (Å²) < 4.78 is 1.24. The molecule has 2 N–H and O–H groups in total. The van der Waals surface area contributed by atoms with E-state index in [4.69, 9.17) is 17.3 Å². The molecule has 0 fully saturated rings. The molecule has 1 unspecified atom stereocenters. The van der Waals surface area contributed by atoms with Crippen LogP contribution in [0.4, 0.5) is 0 Å². The summed E-state index contributed by atoms with van der Waals surface area (Å²) in [4.78, 5) is 10.6. The quantitative estimate of drug-likeness (QED) is 0.624. The van der Waals surface area contributed by atoms with E-state index in [1.807, 2.05) is 30.3 Å². The van der Waals surface area contributed by atoms with Gasteiger partial charge in [-0.3, -0.25) is 0 Å². The number of benzene rings is 1. The van der Waals surface area contributed by atoms with E-state index in [1.165, 1.54) is 4.46 Å². The summed E-state index contributed by atoms with van der Waals surface area (Å²) in [6, 6.07) is 9.98. The summed E-state index contributed by atoms with van der Waals surface area (Å²) in [5.41, 5.74) is 5.04. The summed E-state index contributed by atoms with van der Waals surface area (Å²) in [5, 5.41) is 0.133. The van der Waals surface area contributed by atoms with Crippen molar-refractivity contribution >= 4 is 36.9 Å². The van der Waals surface area contributed by atoms with Gasteiger partial charge in [-0.1, -0.05) is 0 Å². The van der Waals surface area contributed by atoms with E-state index in [1.54, 1.807) is 0 Å². The molecule has 1 atom stereocenters. The van der Waals surface area contributed by atoms with E-state index in [-0.39, 0.29) is 15.0 Å². The van der Waals surface area contributed by atoms with Crippen molar-refractivity contribution in [2.75, 3.05) is 0 Å². The number of rotatable bonds is 4. The Morgan fingerprint density at radius 1 is 1.46 bits per heavy atom. The van der Waals surface area contributed by atoms with Crippen LogP contribution in [-0.2, 0) is 4.79 Å². The second-order valence-electron chi connectivity index (χ2n) is 2.49. The van der Waals surface area contributed by atoms with Crippen LogP contribution in [-0.4, -0.2) is 26.2 Å². The van der Waals surface area contributed by atoms with Gasteiger partial charge in [0.15, 0.2) is 0 Å². The van der Waals surface area contributed by atoms with Crippen molar-refractivity contribution in [3.05, 3.63) is 30.3 Å². The Balaban J connectivity index is 2.39. The second-order valence-corrected chi connectivity index (χ2v) is 5.31. The Morgan fingerprint density at radius 2 is 2.08 bits per heavy atom. The van der Waals surface area contributed by atoms with Crippen molar-refractivity contribution in [2.24, 2.45) is 5.73 Å². The fourth-order valence-corrected chi connectivity index (χ4v) is 2.88. The van der Waals surface area contributed by atoms with E-state index in [0.717, 1.165) is 0 Å². The Hall–Kier alpha value is -0.501. The molecule has 1 aromatic rings. The topological polar surface area (TPSA) is 43.1 Å². The molecule has 0 heterocycles. The van der Waals surface area contributed by atoms with Crippen LogP contribution in [0.5, 0.6) is 0 Å². The van der Waals surface area contributed by atoms with E-state index in [2.05, 4.69) is 0 Å². The SMILES string of the molecule is NC(=O)C(Cl)C[Se]c1ccccc1. The average Bonchev–Trinajstić information content (AvgIpc) is 2.15. The Bertz CT molecular complexity index is 278. The number of hydrogen-bond donors (Lipinski definition) is 1. The van der Waals surface area contributed by atoms with E-state index >= 15 is 0 Å². The maximum atomic E-state index is 10.6. The molecule has 13 heavy (non-hydrogen) atoms. The molecule has 0 saturated heterocycles. The zero-order valence-corrected chi connectivity index (χ0v) is 9.41. The number of amides is 1. The monoisotopic (exact) mass is 263 g/mol. The van der Waals surface area contributed by atoms with Crippen LogP contribution in [0.25, 0.3) is 0 Å². The molecule has 2 nitrogen and oxygen atoms in total. The predicted octanol–water partition coefficient (Wildman–Crippen LogP) is 0.527. The van der Waals surface area contributed by atoms with Gasteiger partial charge in [0.05, 0.1) is 0 Å². The third-order valence-corrected chi connectivity index (χ3v) is 4.55. The van der Waals surface area contributed by atoms with Crippen LogP contribution in [0.1, 0.15) is 0 Å². The number of alkyl halides is 1. The minimum atomic E-state index is -0.528. The Labute approximate surface area is 88.6 Å². The van der Waals surface area contributed by atoms with Crippen molar-refractivity contribution in [1.82, 2.24) is 0 Å². The molecule has 0 bridgehead atoms. The summed E-state index contributed by atoms with van der Waals surface area (Å²) in [6.07, 6.45) is 0. The molecule has 1 rings (SSSR count). The van der Waals surface area contributed by atoms with Crippen molar-refractivity contribution in [2.45, 2.75) is 10.7 Å². The van der Waals surface area contributed by atoms with Crippen LogP contribution in [0.3, 0.4) is 0 Å². The minimum absolute atomic E-state index is 0.239. The Kier molecular flexibility index (Phi) is 4.29. The summed E-state index contributed by atoms with van der Waals surface area (Å²) in [7, 11) is 0. The van der Waals surface area contributed by atoms with Crippen molar-refractivity contribution in [1.29, 1.82) is 0 Å². The van der Waals surface area contributed by atoms with Crippen LogP contribution >= 0.6 is 11.6 Å². The van der Waals surface area contributed by atoms with Gasteiger partial charge in [-0.05, 0) is 0 Å². The average molecular weight is 263 g/mol. The first-order valence-electron chi connectivity index (χ1n) is 3.81. The number of primary amides is 1. The molecular weight excluding hydrogens is 253 g/mol. The van der Waals surface area contributed by atoms with Crippen LogP contribution in [0.2, 0.25) is 5.32 Å². The van der Waals surface area contributed by atoms with Gasteiger partial charge in [0.1, 0.15) is 0 Å². The van der Waals surface area contributed by atoms with Gasteiger partial charge >= 0.3 is 88.5 Å². The zero-order chi connectivity index (χ0) is 9.68. The molecule has 0 aromatic heterocycles. The summed E-state index contributed by atoms with van der Waals surface area (Å²) >= 11 is 5.95. The van der Waals surface area contributed by atoms with Gasteiger partial charge in [0.2, 0.25) is 0 Å². The molecule has 0 radical (unpaired) electrons. The van der Waals surface area contributed by atoms with Gasteiger partial charge < -0.3 is 0 Å². The number of hydrogen-bond acceptors (Lipinski definition) is 1. The molecule has 4 heteroatoms. The second kappa shape index (κ2) is 5.28. The van der Waals surface area contributed by atoms with Gasteiger partial charge in [0, 0.05) is 0 Å². The summed E-state index contributed by atoms with van der Waals surface area (Å²) in [6.45, 7) is 0. The van der Waals surface area contributed by atoms with Crippen molar-refractivity contribution in [3.8, 4) is 0 Å². The standard InChI is InChI=1S/C9H10ClNOSe/c10-8(9(11)12)6-13-7-4-2-1-3-5-7/h1-5,8H,6H2,(H2,11,12). The van der Waals surface area contributed by atoms with E-state index < -0.39 is 11.3 Å². The van der Waals surface area contributed by atoms with Gasteiger partial charge in [-0.2, -0.15) is 0 Å². The third kappa shape index (κ3) is 3.81. The molecule has 0 aliphatic carbocycles. The molecular formula is C9H10ClNOSe. The van der Waals surface area contributed by atoms with Crippen LogP contribution in [0, 0.1) is 0 Å². The van der Waals surface area contributed by atoms with E-state index in [0.29, 0.717) is 5.32 Å². The number of nitrogens with two attached hydrogens (primary N) is 1. The first kappa shape index (κ1) is 10.6. The van der Waals surface area contributed by atoms with Gasteiger partial charge in [-0.15, -0.1) is 0 Å². The Morgan fingerprint density at radius 3 is 2.62 bits per heavy atom. The van der Waals surface area contributed by atoms with Crippen LogP contribution in [0.15, 0.2) is 30.3 Å². The number of carbonyl (C=O) groups is 1. The van der Waals surface area contributed by atoms with Crippen molar-refractivity contribution in [3.63, 3.8) is 0 Å². The first-order chi connectivity index (χ1) is 6.20. The molecule has 1 aromatic carbocycles. The first-order valence-corrected chi connectivity index (χ1v) is 6.32. The molecule has 0 saturated carbocycles. The molecule has 1 amide bonds. The molecule has 70 valence electrons. The number of carbonyl (C=O) groups excluding carboxylic acids is 1. The van der Waals surface area contributed by atoms with Gasteiger partial charge in [-0.25, -0.2) is 0 Å². The van der Waals surface area contributed by atoms with Crippen molar-refractivity contribution < 1.29 is 4.79 Å². The molecule has 0 aliphatic heterocycles. The molecule has 0 aliphatic rings. The van der Waals surface area contributed by atoms with Gasteiger partial charge in [0.25, 0.3) is 0 Å². The molecule has 0 spiro atoms. The predicted molar refractivity (Wildman–Crippen MR) is 55.5 cm³/mol. The zero-order valence-electron chi connectivity index (χ0n) is 6.94. The third-order valence-electron chi connectivity index (χ3n) is 1.45. The van der Waals surface area contributed by atoms with E-state index in [9.17, 15) is 4.79 Å². The summed E-state index contributed by atoms with van der Waals surface area (Å²) in [5.74, 6) is -0.431.